The van der Waals surface area contributed by atoms with Crippen LogP contribution in [0.5, 0.6) is 5.75 Å². The van der Waals surface area contributed by atoms with Crippen LogP contribution in [0.15, 0.2) is 59.0 Å². The zero-order chi connectivity index (χ0) is 22.4. The first kappa shape index (κ1) is 23.7. The maximum atomic E-state index is 12.7. The molecule has 1 aliphatic heterocycles. The molecule has 0 aromatic heterocycles. The van der Waals surface area contributed by atoms with Crippen molar-refractivity contribution in [2.45, 2.75) is 39.1 Å². The Kier molecular flexibility index (Phi) is 8.08. The van der Waals surface area contributed by atoms with Gasteiger partial charge < -0.3 is 9.84 Å². The number of hydrogen-bond donors (Lipinski definition) is 1. The average Bonchev–Trinajstić information content (AvgIpc) is 3.12. The van der Waals surface area contributed by atoms with E-state index in [0.29, 0.717) is 18.8 Å². The van der Waals surface area contributed by atoms with Crippen molar-refractivity contribution in [2.75, 3.05) is 25.4 Å². The number of alkyl halides is 3. The van der Waals surface area contributed by atoms with Gasteiger partial charge in [0.25, 0.3) is 0 Å². The zero-order valence-electron chi connectivity index (χ0n) is 17.8. The molecule has 1 atom stereocenters. The molecule has 0 bridgehead atoms. The average molecular weight is 452 g/mol. The minimum absolute atomic E-state index is 0.0147. The SMILES string of the molecule is CC1=C(CN(Cc2ccccc2C)CC(O)COc2ccc(C(F)(F)F)cc2)SCC1. The summed E-state index contributed by atoms with van der Waals surface area (Å²) < 4.78 is 43.6. The standard InChI is InChI=1S/C24H28F3NO2S/c1-17-5-3-4-6-19(17)13-28(15-23-18(2)11-12-31-23)14-21(29)16-30-22-9-7-20(8-10-22)24(25,26)27/h3-10,21,29H,11-16H2,1-2H3. The van der Waals surface area contributed by atoms with E-state index in [-0.39, 0.29) is 6.61 Å². The number of aliphatic hydroxyl groups is 1. The van der Waals surface area contributed by atoms with Crippen molar-refractivity contribution >= 4 is 11.8 Å². The number of aryl methyl sites for hydroxylation is 1. The van der Waals surface area contributed by atoms with Crippen molar-refractivity contribution in [1.82, 2.24) is 4.90 Å². The van der Waals surface area contributed by atoms with Crippen LogP contribution in [0.3, 0.4) is 0 Å². The minimum atomic E-state index is -4.38. The Labute approximate surface area is 185 Å². The number of aliphatic hydroxyl groups excluding tert-OH is 1. The molecule has 7 heteroatoms. The Morgan fingerprint density at radius 3 is 2.39 bits per heavy atom. The summed E-state index contributed by atoms with van der Waals surface area (Å²) in [7, 11) is 0. The van der Waals surface area contributed by atoms with Crippen molar-refractivity contribution in [2.24, 2.45) is 0 Å². The molecule has 3 rings (SSSR count). The predicted molar refractivity (Wildman–Crippen MR) is 119 cm³/mol. The molecule has 1 unspecified atom stereocenters. The quantitative estimate of drug-likeness (QED) is 0.533. The van der Waals surface area contributed by atoms with E-state index < -0.39 is 17.8 Å². The molecule has 0 saturated heterocycles. The van der Waals surface area contributed by atoms with Crippen molar-refractivity contribution in [3.8, 4) is 5.75 Å². The molecule has 2 aromatic rings. The summed E-state index contributed by atoms with van der Waals surface area (Å²) in [6.07, 6.45) is -4.05. The first-order chi connectivity index (χ1) is 14.7. The lowest BCUT2D eigenvalue weighted by Gasteiger charge is -2.26. The smallest absolute Gasteiger partial charge is 0.416 e. The Morgan fingerprint density at radius 1 is 1.06 bits per heavy atom. The summed E-state index contributed by atoms with van der Waals surface area (Å²) in [6.45, 7) is 6.13. The van der Waals surface area contributed by atoms with E-state index in [2.05, 4.69) is 30.9 Å². The van der Waals surface area contributed by atoms with E-state index in [9.17, 15) is 18.3 Å². The number of hydrogen-bond acceptors (Lipinski definition) is 4. The van der Waals surface area contributed by atoms with Crippen LogP contribution in [-0.4, -0.2) is 41.6 Å². The molecule has 0 amide bonds. The number of allylic oxidation sites excluding steroid dienone is 1. The molecule has 31 heavy (non-hydrogen) atoms. The van der Waals surface area contributed by atoms with Gasteiger partial charge >= 0.3 is 6.18 Å². The summed E-state index contributed by atoms with van der Waals surface area (Å²) in [6, 6.07) is 12.7. The van der Waals surface area contributed by atoms with Crippen LogP contribution in [0.25, 0.3) is 0 Å². The molecule has 0 radical (unpaired) electrons. The number of halogens is 3. The van der Waals surface area contributed by atoms with Crippen LogP contribution in [0.1, 0.15) is 30.0 Å². The van der Waals surface area contributed by atoms with Gasteiger partial charge in [0.2, 0.25) is 0 Å². The van der Waals surface area contributed by atoms with E-state index in [1.165, 1.54) is 33.7 Å². The van der Waals surface area contributed by atoms with E-state index in [4.69, 9.17) is 4.74 Å². The van der Waals surface area contributed by atoms with Gasteiger partial charge in [-0.1, -0.05) is 29.8 Å². The van der Waals surface area contributed by atoms with E-state index in [1.54, 1.807) is 0 Å². The molecule has 168 valence electrons. The van der Waals surface area contributed by atoms with Gasteiger partial charge in [0, 0.05) is 25.4 Å². The summed E-state index contributed by atoms with van der Waals surface area (Å²) in [5.74, 6) is 1.40. The third kappa shape index (κ3) is 7.02. The van der Waals surface area contributed by atoms with Crippen LogP contribution in [0, 0.1) is 6.92 Å². The maximum Gasteiger partial charge on any atom is 0.416 e. The third-order valence-corrected chi connectivity index (χ3v) is 6.58. The second-order valence-electron chi connectivity index (χ2n) is 7.89. The minimum Gasteiger partial charge on any atom is -0.491 e. The Balaban J connectivity index is 1.61. The van der Waals surface area contributed by atoms with Gasteiger partial charge in [0.1, 0.15) is 18.5 Å². The van der Waals surface area contributed by atoms with Crippen LogP contribution < -0.4 is 4.74 Å². The zero-order valence-corrected chi connectivity index (χ0v) is 18.6. The predicted octanol–water partition coefficient (Wildman–Crippen LogP) is 5.67. The summed E-state index contributed by atoms with van der Waals surface area (Å²) in [5.41, 5.74) is 3.09. The molecule has 1 heterocycles. The Bertz CT molecular complexity index is 896. The first-order valence-corrected chi connectivity index (χ1v) is 11.3. The van der Waals surface area contributed by atoms with Crippen LogP contribution in [0.4, 0.5) is 13.2 Å². The topological polar surface area (TPSA) is 32.7 Å². The number of thioether (sulfide) groups is 1. The third-order valence-electron chi connectivity index (χ3n) is 5.34. The lowest BCUT2D eigenvalue weighted by Crippen LogP contribution is -2.36. The number of nitrogens with zero attached hydrogens (tertiary/aromatic N) is 1. The molecular weight excluding hydrogens is 423 g/mol. The molecule has 3 nitrogen and oxygen atoms in total. The summed E-state index contributed by atoms with van der Waals surface area (Å²) >= 11 is 1.87. The van der Waals surface area contributed by atoms with Crippen LogP contribution in [0.2, 0.25) is 0 Å². The fourth-order valence-electron chi connectivity index (χ4n) is 3.47. The second kappa shape index (κ2) is 10.6. The molecule has 1 aliphatic rings. The van der Waals surface area contributed by atoms with Crippen molar-refractivity contribution < 1.29 is 23.0 Å². The largest absolute Gasteiger partial charge is 0.491 e. The monoisotopic (exact) mass is 451 g/mol. The van der Waals surface area contributed by atoms with E-state index in [0.717, 1.165) is 30.9 Å². The Morgan fingerprint density at radius 2 is 1.77 bits per heavy atom. The highest BCUT2D eigenvalue weighted by atomic mass is 32.2. The molecule has 0 spiro atoms. The van der Waals surface area contributed by atoms with Crippen LogP contribution >= 0.6 is 11.8 Å². The lowest BCUT2D eigenvalue weighted by atomic mass is 10.1. The van der Waals surface area contributed by atoms with Crippen LogP contribution in [-0.2, 0) is 12.7 Å². The van der Waals surface area contributed by atoms with Gasteiger partial charge in [-0.25, -0.2) is 0 Å². The lowest BCUT2D eigenvalue weighted by molar-refractivity contribution is -0.137. The van der Waals surface area contributed by atoms with E-state index in [1.807, 2.05) is 23.9 Å². The number of benzene rings is 2. The van der Waals surface area contributed by atoms with Gasteiger partial charge in [0.15, 0.2) is 0 Å². The Hall–Kier alpha value is -1.96. The van der Waals surface area contributed by atoms with Gasteiger partial charge in [-0.05, 0) is 60.6 Å². The first-order valence-electron chi connectivity index (χ1n) is 10.3. The van der Waals surface area contributed by atoms with Gasteiger partial charge in [-0.15, -0.1) is 11.8 Å². The van der Waals surface area contributed by atoms with Crippen molar-refractivity contribution in [3.63, 3.8) is 0 Å². The summed E-state index contributed by atoms with van der Waals surface area (Å²) in [4.78, 5) is 3.56. The molecule has 0 aliphatic carbocycles. The highest BCUT2D eigenvalue weighted by Crippen LogP contribution is 2.32. The molecule has 0 saturated carbocycles. The second-order valence-corrected chi connectivity index (χ2v) is 9.07. The van der Waals surface area contributed by atoms with Crippen molar-refractivity contribution in [3.05, 3.63) is 75.7 Å². The normalized spacial score (nSPS) is 15.6. The van der Waals surface area contributed by atoms with E-state index >= 15 is 0 Å². The molecular formula is C24H28F3NO2S. The highest BCUT2D eigenvalue weighted by Gasteiger charge is 2.30. The number of rotatable bonds is 9. The van der Waals surface area contributed by atoms with Gasteiger partial charge in [0.05, 0.1) is 5.56 Å². The van der Waals surface area contributed by atoms with Gasteiger partial charge in [-0.3, -0.25) is 4.90 Å². The highest BCUT2D eigenvalue weighted by molar-refractivity contribution is 8.03. The molecule has 1 N–H and O–H groups in total. The fraction of sp³-hybridized carbons (Fsp3) is 0.417. The maximum absolute atomic E-state index is 12.7. The summed E-state index contributed by atoms with van der Waals surface area (Å²) in [5, 5.41) is 10.6. The molecule has 0 fully saturated rings. The fourth-order valence-corrected chi connectivity index (χ4v) is 4.75. The molecule has 2 aromatic carbocycles. The number of ether oxygens (including phenoxy) is 1. The van der Waals surface area contributed by atoms with Gasteiger partial charge in [-0.2, -0.15) is 13.2 Å². The van der Waals surface area contributed by atoms with Crippen molar-refractivity contribution in [1.29, 1.82) is 0 Å².